The molecule has 0 spiro atoms. The first-order valence-corrected chi connectivity index (χ1v) is 9.02. The van der Waals surface area contributed by atoms with Crippen LogP contribution in [0.4, 0.5) is 5.69 Å². The maximum absolute atomic E-state index is 12.5. The second-order valence-corrected chi connectivity index (χ2v) is 6.49. The lowest BCUT2D eigenvalue weighted by Gasteiger charge is -2.22. The molecule has 7 heteroatoms. The molecule has 0 saturated heterocycles. The average Bonchev–Trinajstić information content (AvgIpc) is 3.16. The Morgan fingerprint density at radius 2 is 1.93 bits per heavy atom. The molecule has 4 rings (SSSR count). The fourth-order valence-electron chi connectivity index (χ4n) is 3.00. The van der Waals surface area contributed by atoms with Gasteiger partial charge in [-0.1, -0.05) is 47.6 Å². The van der Waals surface area contributed by atoms with Crippen LogP contribution < -0.4 is 15.4 Å². The highest BCUT2D eigenvalue weighted by Gasteiger charge is 2.26. The van der Waals surface area contributed by atoms with Gasteiger partial charge in [-0.25, -0.2) is 0 Å². The van der Waals surface area contributed by atoms with Crippen LogP contribution in [0.2, 0.25) is 0 Å². The number of fused-ring (bicyclic) bond motifs is 1. The van der Waals surface area contributed by atoms with Crippen LogP contribution in [0.5, 0.6) is 5.75 Å². The van der Waals surface area contributed by atoms with Crippen LogP contribution in [-0.2, 0) is 11.2 Å². The summed E-state index contributed by atoms with van der Waals surface area (Å²) in [6.45, 7) is 0.313. The summed E-state index contributed by atoms with van der Waals surface area (Å²) in [4.78, 5) is 25.0. The van der Waals surface area contributed by atoms with Gasteiger partial charge in [-0.2, -0.15) is 0 Å². The zero-order valence-electron chi connectivity index (χ0n) is 15.1. The number of ether oxygens (including phenoxy) is 1. The van der Waals surface area contributed by atoms with Crippen LogP contribution >= 0.6 is 0 Å². The Morgan fingerprint density at radius 1 is 1.14 bits per heavy atom. The molecule has 1 atom stereocenters. The number of rotatable bonds is 4. The minimum Gasteiger partial charge on any atom is -0.491 e. The van der Waals surface area contributed by atoms with Crippen LogP contribution in [0.1, 0.15) is 28.2 Å². The number of benzene rings is 2. The van der Waals surface area contributed by atoms with E-state index < -0.39 is 11.9 Å². The standard InChI is InChI=1S/C21H19N3O4/c25-20-17(10-11-27-19-9-5-4-8-16(19)22-20)23-21(26)18-13-15(28-24-18)12-14-6-2-1-3-7-14/h1-9,13,17H,10-12H2,(H,22,25)(H,23,26)/t17-/m0/s1. The van der Waals surface area contributed by atoms with Gasteiger partial charge in [0.1, 0.15) is 17.6 Å². The molecule has 2 N–H and O–H groups in total. The molecule has 0 fully saturated rings. The summed E-state index contributed by atoms with van der Waals surface area (Å²) in [5.41, 5.74) is 1.78. The van der Waals surface area contributed by atoms with Gasteiger partial charge in [-0.3, -0.25) is 9.59 Å². The van der Waals surface area contributed by atoms with Gasteiger partial charge in [0.2, 0.25) is 5.91 Å². The third-order valence-corrected chi connectivity index (χ3v) is 4.44. The second kappa shape index (κ2) is 7.96. The molecular formula is C21H19N3O4. The Labute approximate surface area is 161 Å². The number of carbonyl (C=O) groups is 2. The van der Waals surface area contributed by atoms with E-state index in [0.717, 1.165) is 5.56 Å². The third-order valence-electron chi connectivity index (χ3n) is 4.44. The SMILES string of the molecule is O=C(N[C@H]1CCOc2ccccc2NC1=O)c1cc(Cc2ccccc2)on1. The van der Waals surface area contributed by atoms with Crippen molar-refractivity contribution in [2.75, 3.05) is 11.9 Å². The number of nitrogens with one attached hydrogen (secondary N) is 2. The topological polar surface area (TPSA) is 93.5 Å². The number of amides is 2. The first-order chi connectivity index (χ1) is 13.7. The monoisotopic (exact) mass is 377 g/mol. The highest BCUT2D eigenvalue weighted by Crippen LogP contribution is 2.25. The van der Waals surface area contributed by atoms with Crippen molar-refractivity contribution in [1.82, 2.24) is 10.5 Å². The highest BCUT2D eigenvalue weighted by molar-refractivity contribution is 6.01. The average molecular weight is 377 g/mol. The van der Waals surface area contributed by atoms with Crippen molar-refractivity contribution in [1.29, 1.82) is 0 Å². The van der Waals surface area contributed by atoms with E-state index in [1.165, 1.54) is 0 Å². The number of hydrogen-bond donors (Lipinski definition) is 2. The summed E-state index contributed by atoms with van der Waals surface area (Å²) < 4.78 is 10.9. The molecule has 28 heavy (non-hydrogen) atoms. The lowest BCUT2D eigenvalue weighted by Crippen LogP contribution is -2.45. The number of carbonyl (C=O) groups excluding carboxylic acids is 2. The first-order valence-electron chi connectivity index (χ1n) is 9.02. The van der Waals surface area contributed by atoms with Gasteiger partial charge < -0.3 is 19.9 Å². The van der Waals surface area contributed by atoms with E-state index >= 15 is 0 Å². The van der Waals surface area contributed by atoms with E-state index in [0.29, 0.717) is 36.6 Å². The van der Waals surface area contributed by atoms with Crippen molar-refractivity contribution in [3.05, 3.63) is 77.7 Å². The number of anilines is 1. The highest BCUT2D eigenvalue weighted by atomic mass is 16.5. The maximum Gasteiger partial charge on any atom is 0.274 e. The Bertz CT molecular complexity index is 984. The molecule has 0 saturated carbocycles. The molecule has 0 bridgehead atoms. The van der Waals surface area contributed by atoms with Gasteiger partial charge in [0.15, 0.2) is 5.69 Å². The molecule has 142 valence electrons. The summed E-state index contributed by atoms with van der Waals surface area (Å²) in [6, 6.07) is 17.8. The van der Waals surface area contributed by atoms with Crippen LogP contribution in [0, 0.1) is 0 Å². The summed E-state index contributed by atoms with van der Waals surface area (Å²) in [6.07, 6.45) is 0.885. The van der Waals surface area contributed by atoms with E-state index in [1.807, 2.05) is 36.4 Å². The van der Waals surface area contributed by atoms with E-state index in [-0.39, 0.29) is 11.6 Å². The van der Waals surface area contributed by atoms with Gasteiger partial charge in [0.25, 0.3) is 5.91 Å². The molecular weight excluding hydrogens is 358 g/mol. The Hall–Kier alpha value is -3.61. The number of aromatic nitrogens is 1. The summed E-state index contributed by atoms with van der Waals surface area (Å²) in [5.74, 6) is 0.438. The van der Waals surface area contributed by atoms with Gasteiger partial charge in [0, 0.05) is 18.9 Å². The first kappa shape index (κ1) is 17.8. The Balaban J connectivity index is 1.41. The van der Waals surface area contributed by atoms with Gasteiger partial charge >= 0.3 is 0 Å². The molecule has 3 aromatic rings. The molecule has 1 aliphatic rings. The van der Waals surface area contributed by atoms with Crippen LogP contribution in [0.25, 0.3) is 0 Å². The quantitative estimate of drug-likeness (QED) is 0.729. The molecule has 0 radical (unpaired) electrons. The molecule has 0 unspecified atom stereocenters. The van der Waals surface area contributed by atoms with Crippen molar-refractivity contribution >= 4 is 17.5 Å². The zero-order chi connectivity index (χ0) is 19.3. The zero-order valence-corrected chi connectivity index (χ0v) is 15.1. The maximum atomic E-state index is 12.5. The van der Waals surface area contributed by atoms with Crippen molar-refractivity contribution in [3.8, 4) is 5.75 Å². The minimum atomic E-state index is -0.727. The second-order valence-electron chi connectivity index (χ2n) is 6.49. The van der Waals surface area contributed by atoms with Crippen molar-refractivity contribution in [3.63, 3.8) is 0 Å². The Morgan fingerprint density at radius 3 is 2.79 bits per heavy atom. The van der Waals surface area contributed by atoms with Crippen molar-refractivity contribution in [2.24, 2.45) is 0 Å². The molecule has 2 heterocycles. The summed E-state index contributed by atoms with van der Waals surface area (Å²) in [7, 11) is 0. The lowest BCUT2D eigenvalue weighted by molar-refractivity contribution is -0.118. The van der Waals surface area contributed by atoms with Crippen LogP contribution in [-0.4, -0.2) is 29.6 Å². The number of hydrogen-bond acceptors (Lipinski definition) is 5. The molecule has 2 amide bonds. The Kier molecular flexibility index (Phi) is 5.05. The largest absolute Gasteiger partial charge is 0.491 e. The fraction of sp³-hybridized carbons (Fsp3) is 0.190. The van der Waals surface area contributed by atoms with E-state index in [9.17, 15) is 9.59 Å². The van der Waals surface area contributed by atoms with Crippen LogP contribution in [0.15, 0.2) is 65.2 Å². The van der Waals surface area contributed by atoms with Gasteiger partial charge in [0.05, 0.1) is 12.3 Å². The molecule has 1 aromatic heterocycles. The normalized spacial score (nSPS) is 16.1. The predicted octanol–water partition coefficient (Wildman–Crippen LogP) is 2.79. The predicted molar refractivity (Wildman–Crippen MR) is 102 cm³/mol. The smallest absolute Gasteiger partial charge is 0.274 e. The van der Waals surface area contributed by atoms with Crippen molar-refractivity contribution in [2.45, 2.75) is 18.9 Å². The van der Waals surface area contributed by atoms with E-state index in [1.54, 1.807) is 24.3 Å². The summed E-state index contributed by atoms with van der Waals surface area (Å²) in [5, 5.41) is 9.32. The van der Waals surface area contributed by atoms with E-state index in [4.69, 9.17) is 9.26 Å². The molecule has 2 aromatic carbocycles. The molecule has 1 aliphatic heterocycles. The fourth-order valence-corrected chi connectivity index (χ4v) is 3.00. The van der Waals surface area contributed by atoms with Gasteiger partial charge in [-0.15, -0.1) is 0 Å². The summed E-state index contributed by atoms with van der Waals surface area (Å²) >= 11 is 0. The lowest BCUT2D eigenvalue weighted by atomic mass is 10.1. The van der Waals surface area contributed by atoms with Crippen LogP contribution in [0.3, 0.4) is 0 Å². The van der Waals surface area contributed by atoms with Crippen molar-refractivity contribution < 1.29 is 18.8 Å². The third kappa shape index (κ3) is 4.03. The molecule has 7 nitrogen and oxygen atoms in total. The number of nitrogens with zero attached hydrogens (tertiary/aromatic N) is 1. The number of para-hydroxylation sites is 2. The van der Waals surface area contributed by atoms with E-state index in [2.05, 4.69) is 15.8 Å². The molecule has 0 aliphatic carbocycles. The van der Waals surface area contributed by atoms with Gasteiger partial charge in [-0.05, 0) is 17.7 Å². The minimum absolute atomic E-state index is 0.141.